The summed E-state index contributed by atoms with van der Waals surface area (Å²) in [5.74, 6) is 0.709. The number of nitrogens with two attached hydrogens (primary N) is 1. The van der Waals surface area contributed by atoms with Gasteiger partial charge in [-0.15, -0.1) is 0 Å². The van der Waals surface area contributed by atoms with Gasteiger partial charge in [0.2, 0.25) is 0 Å². The van der Waals surface area contributed by atoms with Gasteiger partial charge in [0.05, 0.1) is 25.9 Å². The van der Waals surface area contributed by atoms with Crippen molar-refractivity contribution in [3.8, 4) is 5.75 Å². The summed E-state index contributed by atoms with van der Waals surface area (Å²) in [4.78, 5) is 16.3. The van der Waals surface area contributed by atoms with Crippen molar-refractivity contribution in [2.45, 2.75) is 30.7 Å². The highest BCUT2D eigenvalue weighted by Gasteiger charge is 2.43. The summed E-state index contributed by atoms with van der Waals surface area (Å²) in [6.07, 6.45) is -0.985. The van der Waals surface area contributed by atoms with Crippen LogP contribution in [0.1, 0.15) is 6.42 Å². The van der Waals surface area contributed by atoms with Gasteiger partial charge in [-0.05, 0) is 30.7 Å². The summed E-state index contributed by atoms with van der Waals surface area (Å²) in [5.41, 5.74) is 6.39. The molecule has 0 aromatic heterocycles. The molecule has 0 aliphatic carbocycles. The van der Waals surface area contributed by atoms with Crippen LogP contribution in [0.2, 0.25) is 0 Å². The average Bonchev–Trinajstić information content (AvgIpc) is 2.61. The number of hydrogen-bond acceptors (Lipinski definition) is 6. The molecule has 2 aliphatic rings. The highest BCUT2D eigenvalue weighted by atomic mass is 16.5. The fraction of sp³-hybridized carbons (Fsp3) is 0.588. The Bertz CT molecular complexity index is 597. The van der Waals surface area contributed by atoms with Crippen molar-refractivity contribution in [1.29, 1.82) is 0 Å². The van der Waals surface area contributed by atoms with E-state index in [2.05, 4.69) is 10.2 Å². The summed E-state index contributed by atoms with van der Waals surface area (Å²) in [6.45, 7) is 1.50. The van der Waals surface area contributed by atoms with Crippen molar-refractivity contribution in [2.24, 2.45) is 5.73 Å². The van der Waals surface area contributed by atoms with Gasteiger partial charge in [-0.25, -0.2) is 4.79 Å². The van der Waals surface area contributed by atoms with E-state index in [0.29, 0.717) is 31.1 Å². The lowest BCUT2D eigenvalue weighted by atomic mass is 9.90. The Labute approximate surface area is 147 Å². The topological polar surface area (TPSA) is 111 Å². The zero-order valence-electron chi connectivity index (χ0n) is 14.3. The molecule has 0 radical (unpaired) electrons. The summed E-state index contributed by atoms with van der Waals surface area (Å²) >= 11 is 0. The Morgan fingerprint density at radius 1 is 1.24 bits per heavy atom. The first-order valence-corrected chi connectivity index (χ1v) is 8.53. The predicted molar refractivity (Wildman–Crippen MR) is 93.6 cm³/mol. The van der Waals surface area contributed by atoms with E-state index < -0.39 is 12.2 Å². The molecule has 138 valence electrons. The number of amides is 2. The van der Waals surface area contributed by atoms with Crippen molar-refractivity contribution in [2.75, 3.05) is 38.6 Å². The number of benzene rings is 1. The van der Waals surface area contributed by atoms with Gasteiger partial charge in [0.25, 0.3) is 0 Å². The normalized spacial score (nSPS) is 29.8. The van der Waals surface area contributed by atoms with Gasteiger partial charge < -0.3 is 30.9 Å². The fourth-order valence-electron chi connectivity index (χ4n) is 3.51. The minimum absolute atomic E-state index is 0.0980. The molecule has 0 unspecified atom stereocenters. The van der Waals surface area contributed by atoms with Crippen LogP contribution in [-0.2, 0) is 0 Å². The minimum Gasteiger partial charge on any atom is -0.497 e. The van der Waals surface area contributed by atoms with Gasteiger partial charge >= 0.3 is 6.03 Å². The number of fused-ring (bicyclic) bond motifs is 1. The number of carbonyl (C=O) groups is 1. The third-order valence-electron chi connectivity index (χ3n) is 5.06. The van der Waals surface area contributed by atoms with Crippen molar-refractivity contribution in [1.82, 2.24) is 9.80 Å². The quantitative estimate of drug-likeness (QED) is 0.594. The first-order chi connectivity index (χ1) is 12.0. The largest absolute Gasteiger partial charge is 0.497 e. The molecule has 1 aromatic rings. The number of rotatable bonds is 3. The van der Waals surface area contributed by atoms with E-state index in [1.165, 1.54) is 0 Å². The second-order valence-corrected chi connectivity index (χ2v) is 6.67. The zero-order valence-corrected chi connectivity index (χ0v) is 14.3. The van der Waals surface area contributed by atoms with Gasteiger partial charge in [0.1, 0.15) is 5.75 Å². The molecule has 2 fully saturated rings. The molecule has 8 heteroatoms. The Balaban J connectivity index is 1.67. The van der Waals surface area contributed by atoms with Gasteiger partial charge in [0, 0.05) is 37.4 Å². The summed E-state index contributed by atoms with van der Waals surface area (Å²) in [6, 6.07) is 7.11. The number of methoxy groups -OCH3 is 1. The van der Waals surface area contributed by atoms with E-state index in [4.69, 9.17) is 10.5 Å². The molecule has 2 heterocycles. The molecule has 2 amide bonds. The number of aliphatic hydroxyl groups excluding tert-OH is 2. The number of β-amino-alcohol motifs (C(OH)–C–C–N with tert-alkyl or cyclic N) is 1. The minimum atomic E-state index is -0.985. The standard InChI is InChI=1S/C17H26N4O4/c1-25-14-4-2-11(3-5-14)19-17(24)20-8-13-6-12(7-18)21(13)10-16(23)15(22)9-20/h2-5,12-13,15-16,22-23H,6-10,18H2,1H3,(H,19,24)/t12-,13+,15+,16-/m0/s1. The van der Waals surface area contributed by atoms with Crippen LogP contribution in [0.3, 0.4) is 0 Å². The van der Waals surface area contributed by atoms with E-state index in [1.807, 2.05) is 0 Å². The number of aliphatic hydroxyl groups is 2. The van der Waals surface area contributed by atoms with E-state index in [9.17, 15) is 15.0 Å². The molecule has 3 rings (SSSR count). The monoisotopic (exact) mass is 350 g/mol. The predicted octanol–water partition coefficient (Wildman–Crippen LogP) is -0.334. The fourth-order valence-corrected chi connectivity index (χ4v) is 3.51. The third kappa shape index (κ3) is 3.87. The molecule has 25 heavy (non-hydrogen) atoms. The lowest BCUT2D eigenvalue weighted by Crippen LogP contribution is -2.67. The molecular formula is C17H26N4O4. The first kappa shape index (κ1) is 17.9. The number of hydrogen-bond donors (Lipinski definition) is 4. The van der Waals surface area contributed by atoms with E-state index in [0.717, 1.165) is 6.42 Å². The SMILES string of the molecule is COc1ccc(NC(=O)N2C[C@H]3C[C@@H](CN)N3C[C@H](O)[C@H](O)C2)cc1. The van der Waals surface area contributed by atoms with Crippen LogP contribution >= 0.6 is 0 Å². The van der Waals surface area contributed by atoms with Crippen molar-refractivity contribution < 1.29 is 19.7 Å². The Hall–Kier alpha value is -1.87. The van der Waals surface area contributed by atoms with Crippen molar-refractivity contribution in [3.63, 3.8) is 0 Å². The van der Waals surface area contributed by atoms with E-state index in [-0.39, 0.29) is 24.7 Å². The number of ether oxygens (including phenoxy) is 1. The molecular weight excluding hydrogens is 324 g/mol. The zero-order chi connectivity index (χ0) is 18.0. The van der Waals surface area contributed by atoms with Crippen LogP contribution < -0.4 is 15.8 Å². The number of nitrogens with zero attached hydrogens (tertiary/aromatic N) is 2. The van der Waals surface area contributed by atoms with Crippen molar-refractivity contribution in [3.05, 3.63) is 24.3 Å². The lowest BCUT2D eigenvalue weighted by Gasteiger charge is -2.52. The van der Waals surface area contributed by atoms with Gasteiger partial charge in [-0.3, -0.25) is 4.90 Å². The van der Waals surface area contributed by atoms with Crippen LogP contribution in [0.15, 0.2) is 24.3 Å². The lowest BCUT2D eigenvalue weighted by molar-refractivity contribution is -0.0862. The van der Waals surface area contributed by atoms with Crippen LogP contribution in [0.5, 0.6) is 5.75 Å². The van der Waals surface area contributed by atoms with Gasteiger partial charge in [-0.1, -0.05) is 0 Å². The highest BCUT2D eigenvalue weighted by molar-refractivity contribution is 5.89. The number of carbonyl (C=O) groups excluding carboxylic acids is 1. The summed E-state index contributed by atoms with van der Waals surface area (Å²) in [5, 5.41) is 23.2. The Morgan fingerprint density at radius 2 is 1.92 bits per heavy atom. The Morgan fingerprint density at radius 3 is 2.56 bits per heavy atom. The summed E-state index contributed by atoms with van der Waals surface area (Å²) in [7, 11) is 1.58. The highest BCUT2D eigenvalue weighted by Crippen LogP contribution is 2.28. The van der Waals surface area contributed by atoms with Crippen LogP contribution in [0, 0.1) is 0 Å². The molecule has 0 saturated carbocycles. The molecule has 5 N–H and O–H groups in total. The number of urea groups is 1. The third-order valence-corrected chi connectivity index (χ3v) is 5.06. The number of anilines is 1. The second-order valence-electron chi connectivity index (χ2n) is 6.67. The Kier molecular flexibility index (Phi) is 5.43. The van der Waals surface area contributed by atoms with Crippen LogP contribution in [0.25, 0.3) is 0 Å². The maximum atomic E-state index is 12.6. The van der Waals surface area contributed by atoms with E-state index in [1.54, 1.807) is 36.3 Å². The smallest absolute Gasteiger partial charge is 0.321 e. The second kappa shape index (κ2) is 7.57. The van der Waals surface area contributed by atoms with Gasteiger partial charge in [-0.2, -0.15) is 0 Å². The molecule has 2 saturated heterocycles. The molecule has 1 aromatic carbocycles. The van der Waals surface area contributed by atoms with Crippen molar-refractivity contribution >= 4 is 11.7 Å². The maximum Gasteiger partial charge on any atom is 0.321 e. The maximum absolute atomic E-state index is 12.6. The molecule has 2 aliphatic heterocycles. The van der Waals surface area contributed by atoms with Crippen LogP contribution in [-0.4, -0.2) is 83.6 Å². The molecule has 0 spiro atoms. The molecule has 4 atom stereocenters. The molecule has 8 nitrogen and oxygen atoms in total. The molecule has 0 bridgehead atoms. The first-order valence-electron chi connectivity index (χ1n) is 8.53. The summed E-state index contributed by atoms with van der Waals surface area (Å²) < 4.78 is 5.10. The van der Waals surface area contributed by atoms with Crippen LogP contribution in [0.4, 0.5) is 10.5 Å². The van der Waals surface area contributed by atoms with Gasteiger partial charge in [0.15, 0.2) is 0 Å². The average molecular weight is 350 g/mol. The van der Waals surface area contributed by atoms with E-state index >= 15 is 0 Å². The number of nitrogens with one attached hydrogen (secondary N) is 1.